The van der Waals surface area contributed by atoms with Crippen molar-refractivity contribution in [1.82, 2.24) is 15.0 Å². The standard InChI is InChI=1S/C20H26N4O3/c1-13(2)18-17(14(3)22-27-18)19(25)21-16-7-5-15(6-8-16)20(26)24-11-9-23(4)10-12-24/h5-8,13H,9-12H2,1-4H3,(H,21,25). The molecule has 1 aliphatic heterocycles. The van der Waals surface area contributed by atoms with E-state index in [2.05, 4.69) is 22.4 Å². The molecule has 27 heavy (non-hydrogen) atoms. The van der Waals surface area contributed by atoms with Crippen molar-refractivity contribution < 1.29 is 14.1 Å². The second-order valence-corrected chi connectivity index (χ2v) is 7.29. The van der Waals surface area contributed by atoms with Crippen LogP contribution in [-0.4, -0.2) is 60.0 Å². The molecular weight excluding hydrogens is 344 g/mol. The second kappa shape index (κ2) is 7.92. The predicted molar refractivity (Wildman–Crippen MR) is 103 cm³/mol. The average Bonchev–Trinajstić information content (AvgIpc) is 3.04. The summed E-state index contributed by atoms with van der Waals surface area (Å²) in [5, 5.41) is 6.77. The Morgan fingerprint density at radius 1 is 1.11 bits per heavy atom. The SMILES string of the molecule is Cc1noc(C(C)C)c1C(=O)Nc1ccc(C(=O)N2CCN(C)CC2)cc1. The fourth-order valence-corrected chi connectivity index (χ4v) is 3.14. The van der Waals surface area contributed by atoms with Gasteiger partial charge in [-0.25, -0.2) is 0 Å². The summed E-state index contributed by atoms with van der Waals surface area (Å²) in [5.41, 5.74) is 2.30. The van der Waals surface area contributed by atoms with Gasteiger partial charge in [-0.3, -0.25) is 9.59 Å². The molecule has 2 aromatic rings. The van der Waals surface area contributed by atoms with Crippen LogP contribution in [0.1, 0.15) is 51.9 Å². The molecule has 1 aromatic carbocycles. The molecule has 0 bridgehead atoms. The Balaban J connectivity index is 1.68. The number of carbonyl (C=O) groups excluding carboxylic acids is 2. The normalized spacial score (nSPS) is 15.2. The summed E-state index contributed by atoms with van der Waals surface area (Å²) in [7, 11) is 2.06. The zero-order chi connectivity index (χ0) is 19.6. The molecule has 3 rings (SSSR count). The van der Waals surface area contributed by atoms with Crippen LogP contribution in [0, 0.1) is 6.92 Å². The van der Waals surface area contributed by atoms with Gasteiger partial charge in [-0.05, 0) is 38.2 Å². The van der Waals surface area contributed by atoms with Gasteiger partial charge in [-0.1, -0.05) is 19.0 Å². The van der Waals surface area contributed by atoms with Crippen molar-refractivity contribution in [3.8, 4) is 0 Å². The van der Waals surface area contributed by atoms with Crippen LogP contribution in [0.5, 0.6) is 0 Å². The molecule has 0 saturated carbocycles. The van der Waals surface area contributed by atoms with E-state index in [4.69, 9.17) is 4.52 Å². The van der Waals surface area contributed by atoms with Crippen LogP contribution < -0.4 is 5.32 Å². The van der Waals surface area contributed by atoms with Crippen molar-refractivity contribution in [2.75, 3.05) is 38.5 Å². The third kappa shape index (κ3) is 4.19. The molecule has 7 nitrogen and oxygen atoms in total. The molecule has 2 amide bonds. The third-order valence-electron chi connectivity index (χ3n) is 4.82. The molecule has 0 aliphatic carbocycles. The number of aryl methyl sites for hydroxylation is 1. The zero-order valence-electron chi connectivity index (χ0n) is 16.3. The summed E-state index contributed by atoms with van der Waals surface area (Å²) in [6.07, 6.45) is 0. The van der Waals surface area contributed by atoms with Gasteiger partial charge in [0.05, 0.1) is 5.69 Å². The van der Waals surface area contributed by atoms with E-state index in [1.807, 2.05) is 18.7 Å². The number of likely N-dealkylation sites (N-methyl/N-ethyl adjacent to an activating group) is 1. The fourth-order valence-electron chi connectivity index (χ4n) is 3.14. The third-order valence-corrected chi connectivity index (χ3v) is 4.82. The highest BCUT2D eigenvalue weighted by Gasteiger charge is 2.23. The van der Waals surface area contributed by atoms with Gasteiger partial charge in [0, 0.05) is 43.3 Å². The smallest absolute Gasteiger partial charge is 0.261 e. The number of rotatable bonds is 4. The lowest BCUT2D eigenvalue weighted by atomic mass is 10.0. The van der Waals surface area contributed by atoms with E-state index in [1.165, 1.54) is 0 Å². The maximum absolute atomic E-state index is 12.6. The summed E-state index contributed by atoms with van der Waals surface area (Å²) in [6, 6.07) is 7.00. The maximum Gasteiger partial charge on any atom is 0.261 e. The van der Waals surface area contributed by atoms with Gasteiger partial charge in [0.25, 0.3) is 11.8 Å². The molecule has 1 aliphatic rings. The number of piperazine rings is 1. The Labute approximate surface area is 159 Å². The fraction of sp³-hybridized carbons (Fsp3) is 0.450. The molecular formula is C20H26N4O3. The minimum absolute atomic E-state index is 0.0259. The van der Waals surface area contributed by atoms with Gasteiger partial charge in [-0.2, -0.15) is 0 Å². The molecule has 1 saturated heterocycles. The van der Waals surface area contributed by atoms with E-state index in [-0.39, 0.29) is 17.7 Å². The predicted octanol–water partition coefficient (Wildman–Crippen LogP) is 2.75. The molecule has 0 spiro atoms. The van der Waals surface area contributed by atoms with Gasteiger partial charge in [-0.15, -0.1) is 0 Å². The molecule has 1 fully saturated rings. The highest BCUT2D eigenvalue weighted by molar-refractivity contribution is 6.06. The van der Waals surface area contributed by atoms with Gasteiger partial charge >= 0.3 is 0 Å². The molecule has 0 unspecified atom stereocenters. The summed E-state index contributed by atoms with van der Waals surface area (Å²) >= 11 is 0. The summed E-state index contributed by atoms with van der Waals surface area (Å²) < 4.78 is 5.28. The number of nitrogens with one attached hydrogen (secondary N) is 1. The van der Waals surface area contributed by atoms with Crippen LogP contribution in [0.25, 0.3) is 0 Å². The first kappa shape index (κ1) is 19.1. The van der Waals surface area contributed by atoms with Crippen LogP contribution in [0.4, 0.5) is 5.69 Å². The quantitative estimate of drug-likeness (QED) is 0.895. The number of hydrogen-bond donors (Lipinski definition) is 1. The maximum atomic E-state index is 12.6. The first-order chi connectivity index (χ1) is 12.9. The van der Waals surface area contributed by atoms with Crippen molar-refractivity contribution >= 4 is 17.5 Å². The molecule has 2 heterocycles. The van der Waals surface area contributed by atoms with E-state index in [0.717, 1.165) is 26.2 Å². The first-order valence-electron chi connectivity index (χ1n) is 9.22. The summed E-state index contributed by atoms with van der Waals surface area (Å²) in [4.78, 5) is 29.3. The minimum atomic E-state index is -0.254. The number of benzene rings is 1. The number of carbonyl (C=O) groups is 2. The summed E-state index contributed by atoms with van der Waals surface area (Å²) in [5.74, 6) is 0.413. The number of aromatic nitrogens is 1. The van der Waals surface area contributed by atoms with Crippen molar-refractivity contribution in [3.05, 3.63) is 46.8 Å². The lowest BCUT2D eigenvalue weighted by Crippen LogP contribution is -2.47. The largest absolute Gasteiger partial charge is 0.360 e. The molecule has 1 N–H and O–H groups in total. The summed E-state index contributed by atoms with van der Waals surface area (Å²) in [6.45, 7) is 8.90. The Morgan fingerprint density at radius 2 is 1.74 bits per heavy atom. The average molecular weight is 370 g/mol. The van der Waals surface area contributed by atoms with Crippen LogP contribution in [0.15, 0.2) is 28.8 Å². The Morgan fingerprint density at radius 3 is 2.33 bits per heavy atom. The van der Waals surface area contributed by atoms with Crippen LogP contribution in [0.2, 0.25) is 0 Å². The Hall–Kier alpha value is -2.67. The first-order valence-corrected chi connectivity index (χ1v) is 9.22. The van der Waals surface area contributed by atoms with Crippen LogP contribution in [-0.2, 0) is 0 Å². The lowest BCUT2D eigenvalue weighted by Gasteiger charge is -2.32. The molecule has 144 valence electrons. The van der Waals surface area contributed by atoms with Crippen molar-refractivity contribution in [1.29, 1.82) is 0 Å². The number of anilines is 1. The minimum Gasteiger partial charge on any atom is -0.360 e. The van der Waals surface area contributed by atoms with E-state index in [9.17, 15) is 9.59 Å². The van der Waals surface area contributed by atoms with E-state index in [1.54, 1.807) is 31.2 Å². The highest BCUT2D eigenvalue weighted by atomic mass is 16.5. The zero-order valence-corrected chi connectivity index (χ0v) is 16.3. The second-order valence-electron chi connectivity index (χ2n) is 7.29. The van der Waals surface area contributed by atoms with Crippen molar-refractivity contribution in [3.63, 3.8) is 0 Å². The van der Waals surface area contributed by atoms with Crippen LogP contribution >= 0.6 is 0 Å². The molecule has 0 atom stereocenters. The Bertz CT molecular complexity index is 818. The lowest BCUT2D eigenvalue weighted by molar-refractivity contribution is 0.0664. The number of amides is 2. The number of hydrogen-bond acceptors (Lipinski definition) is 5. The van der Waals surface area contributed by atoms with E-state index >= 15 is 0 Å². The van der Waals surface area contributed by atoms with Crippen molar-refractivity contribution in [2.45, 2.75) is 26.7 Å². The molecule has 0 radical (unpaired) electrons. The monoisotopic (exact) mass is 370 g/mol. The van der Waals surface area contributed by atoms with Gasteiger partial charge in [0.2, 0.25) is 0 Å². The van der Waals surface area contributed by atoms with E-state index in [0.29, 0.717) is 28.3 Å². The highest BCUT2D eigenvalue weighted by Crippen LogP contribution is 2.23. The topological polar surface area (TPSA) is 78.7 Å². The number of nitrogens with zero attached hydrogens (tertiary/aromatic N) is 3. The van der Waals surface area contributed by atoms with Gasteiger partial charge in [0.1, 0.15) is 5.56 Å². The molecule has 7 heteroatoms. The van der Waals surface area contributed by atoms with Gasteiger partial charge in [0.15, 0.2) is 5.76 Å². The van der Waals surface area contributed by atoms with Crippen LogP contribution in [0.3, 0.4) is 0 Å². The van der Waals surface area contributed by atoms with Crippen molar-refractivity contribution in [2.24, 2.45) is 0 Å². The molecule has 1 aromatic heterocycles. The van der Waals surface area contributed by atoms with Gasteiger partial charge < -0.3 is 19.6 Å². The Kier molecular flexibility index (Phi) is 5.60. The van der Waals surface area contributed by atoms with E-state index < -0.39 is 0 Å².